The molecule has 2 heterocycles. The van der Waals surface area contributed by atoms with E-state index in [0.717, 1.165) is 11.1 Å². The van der Waals surface area contributed by atoms with E-state index >= 15 is 0 Å². The molecule has 0 saturated carbocycles. The van der Waals surface area contributed by atoms with Crippen LogP contribution in [0.15, 0.2) is 48.5 Å². The maximum absolute atomic E-state index is 13.6. The van der Waals surface area contributed by atoms with E-state index in [0.29, 0.717) is 42.2 Å². The van der Waals surface area contributed by atoms with Crippen LogP contribution >= 0.6 is 0 Å². The number of amides is 1. The fraction of sp³-hybridized carbons (Fsp3) is 0.407. The second-order valence-corrected chi connectivity index (χ2v) is 15.3. The monoisotopic (exact) mass is 495 g/mol. The predicted molar refractivity (Wildman–Crippen MR) is 138 cm³/mol. The van der Waals surface area contributed by atoms with Gasteiger partial charge in [-0.1, -0.05) is 45.9 Å². The normalized spacial score (nSPS) is 16.2. The van der Waals surface area contributed by atoms with Crippen LogP contribution in [0.1, 0.15) is 55.4 Å². The Morgan fingerprint density at radius 3 is 2.37 bits per heavy atom. The van der Waals surface area contributed by atoms with Gasteiger partial charge in [-0.25, -0.2) is 9.07 Å². The molecule has 0 spiro atoms. The molecule has 0 aliphatic carbocycles. The number of fused-ring (bicyclic) bond motifs is 1. The molecule has 1 unspecified atom stereocenters. The van der Waals surface area contributed by atoms with Gasteiger partial charge in [0.25, 0.3) is 5.91 Å². The van der Waals surface area contributed by atoms with E-state index in [4.69, 9.17) is 9.52 Å². The van der Waals surface area contributed by atoms with Crippen molar-refractivity contribution in [3.05, 3.63) is 71.0 Å². The number of anilines is 1. The van der Waals surface area contributed by atoms with Crippen LogP contribution in [-0.2, 0) is 17.4 Å². The van der Waals surface area contributed by atoms with Crippen LogP contribution in [0, 0.1) is 5.82 Å². The molecule has 4 rings (SSSR count). The van der Waals surface area contributed by atoms with Crippen LogP contribution in [0.3, 0.4) is 0 Å². The Labute approximate surface area is 207 Å². The summed E-state index contributed by atoms with van der Waals surface area (Å²) in [4.78, 5) is 14.9. The summed E-state index contributed by atoms with van der Waals surface area (Å²) in [6, 6.07) is 13.3. The summed E-state index contributed by atoms with van der Waals surface area (Å²) in [5.74, 6) is -0.0332. The quantitative estimate of drug-likeness (QED) is 0.413. The smallest absolute Gasteiger partial charge is 0.262 e. The highest BCUT2D eigenvalue weighted by Crippen LogP contribution is 2.41. The summed E-state index contributed by atoms with van der Waals surface area (Å²) in [5, 5.41) is 16.1. The SMILES string of the molecule is CCc1c(-c2ccc(F)cc2)nn(CCO[Si](C)(C)C(C)(C)C)c1N1C(=O)c2ccccc2C1O. The molecule has 3 aromatic rings. The standard InChI is InChI=1S/C27H34FN3O3Si/c1-7-20-23(18-12-14-19(28)15-13-18)29-30(16-17-34-35(5,6)27(2,3)4)24(20)31-25(32)21-10-8-9-11-22(21)26(31)33/h8-15,25,32H,7,16-17H2,1-6H3. The van der Waals surface area contributed by atoms with Gasteiger partial charge in [0.15, 0.2) is 14.5 Å². The number of aromatic nitrogens is 2. The summed E-state index contributed by atoms with van der Waals surface area (Å²) in [7, 11) is -1.98. The number of nitrogens with zero attached hydrogens (tertiary/aromatic N) is 3. The van der Waals surface area contributed by atoms with Crippen LogP contribution in [0.5, 0.6) is 0 Å². The van der Waals surface area contributed by atoms with Gasteiger partial charge >= 0.3 is 0 Å². The van der Waals surface area contributed by atoms with Gasteiger partial charge in [-0.05, 0) is 54.9 Å². The lowest BCUT2D eigenvalue weighted by atomic mass is 10.1. The summed E-state index contributed by atoms with van der Waals surface area (Å²) in [6.07, 6.45) is -0.528. The first-order valence-corrected chi connectivity index (χ1v) is 15.0. The maximum Gasteiger partial charge on any atom is 0.262 e. The molecule has 0 radical (unpaired) electrons. The average Bonchev–Trinajstić information content (AvgIpc) is 3.28. The molecule has 2 aromatic carbocycles. The van der Waals surface area contributed by atoms with Crippen molar-refractivity contribution in [2.24, 2.45) is 0 Å². The lowest BCUT2D eigenvalue weighted by Gasteiger charge is -2.36. The van der Waals surface area contributed by atoms with Gasteiger partial charge in [-0.2, -0.15) is 5.10 Å². The van der Waals surface area contributed by atoms with Crippen molar-refractivity contribution in [3.63, 3.8) is 0 Å². The summed E-state index contributed by atoms with van der Waals surface area (Å²) >= 11 is 0. The first kappa shape index (κ1) is 25.3. The van der Waals surface area contributed by atoms with Gasteiger partial charge in [-0.15, -0.1) is 0 Å². The van der Waals surface area contributed by atoms with Gasteiger partial charge in [0.05, 0.1) is 18.8 Å². The number of aliphatic hydroxyl groups is 1. The molecule has 0 fully saturated rings. The molecule has 8 heteroatoms. The Morgan fingerprint density at radius 1 is 1.11 bits per heavy atom. The van der Waals surface area contributed by atoms with Crippen molar-refractivity contribution in [2.45, 2.75) is 65.0 Å². The van der Waals surface area contributed by atoms with E-state index in [2.05, 4.69) is 33.9 Å². The van der Waals surface area contributed by atoms with Crippen LogP contribution in [-0.4, -0.2) is 35.7 Å². The molecule has 0 saturated heterocycles. The zero-order valence-electron chi connectivity index (χ0n) is 21.3. The number of hydrogen-bond donors (Lipinski definition) is 1. The minimum atomic E-state index is -1.98. The minimum Gasteiger partial charge on any atom is -0.415 e. The average molecular weight is 496 g/mol. The number of aliphatic hydroxyl groups excluding tert-OH is 1. The number of hydrogen-bond acceptors (Lipinski definition) is 4. The summed E-state index contributed by atoms with van der Waals surface area (Å²) < 4.78 is 21.8. The van der Waals surface area contributed by atoms with E-state index in [1.807, 2.05) is 13.0 Å². The van der Waals surface area contributed by atoms with Crippen LogP contribution < -0.4 is 4.90 Å². The van der Waals surface area contributed by atoms with Crippen LogP contribution in [0.4, 0.5) is 10.2 Å². The van der Waals surface area contributed by atoms with Crippen molar-refractivity contribution in [1.82, 2.24) is 9.78 Å². The number of benzene rings is 2. The summed E-state index contributed by atoms with van der Waals surface area (Å²) in [6.45, 7) is 13.8. The molecule has 1 aliphatic heterocycles. The number of halogens is 1. The number of rotatable bonds is 7. The number of carbonyl (C=O) groups excluding carboxylic acids is 1. The van der Waals surface area contributed by atoms with Crippen molar-refractivity contribution in [3.8, 4) is 11.3 Å². The first-order chi connectivity index (χ1) is 16.5. The fourth-order valence-electron chi connectivity index (χ4n) is 4.19. The third-order valence-electron chi connectivity index (χ3n) is 7.23. The molecular formula is C27H34FN3O3Si. The third-order valence-corrected chi connectivity index (χ3v) is 11.8. The van der Waals surface area contributed by atoms with Crippen LogP contribution in [0.2, 0.25) is 18.1 Å². The molecular weight excluding hydrogens is 461 g/mol. The van der Waals surface area contributed by atoms with E-state index in [9.17, 15) is 14.3 Å². The highest BCUT2D eigenvalue weighted by atomic mass is 28.4. The predicted octanol–water partition coefficient (Wildman–Crippen LogP) is 5.92. The molecule has 1 atom stereocenters. The topological polar surface area (TPSA) is 67.6 Å². The van der Waals surface area contributed by atoms with Crippen molar-refractivity contribution < 1.29 is 18.7 Å². The highest BCUT2D eigenvalue weighted by molar-refractivity contribution is 6.74. The van der Waals surface area contributed by atoms with E-state index in [-0.39, 0.29) is 16.8 Å². The molecule has 186 valence electrons. The van der Waals surface area contributed by atoms with Crippen molar-refractivity contribution in [2.75, 3.05) is 11.5 Å². The van der Waals surface area contributed by atoms with Crippen molar-refractivity contribution >= 4 is 20.0 Å². The van der Waals surface area contributed by atoms with E-state index < -0.39 is 14.5 Å². The zero-order valence-corrected chi connectivity index (χ0v) is 22.3. The lowest BCUT2D eigenvalue weighted by molar-refractivity contribution is 0.0929. The van der Waals surface area contributed by atoms with Crippen LogP contribution in [0.25, 0.3) is 11.3 Å². The number of carbonyl (C=O) groups is 1. The van der Waals surface area contributed by atoms with E-state index in [1.165, 1.54) is 17.0 Å². The van der Waals surface area contributed by atoms with E-state index in [1.54, 1.807) is 35.0 Å². The maximum atomic E-state index is 13.6. The molecule has 1 aliphatic rings. The second-order valence-electron chi connectivity index (χ2n) is 10.5. The molecule has 6 nitrogen and oxygen atoms in total. The Morgan fingerprint density at radius 2 is 1.77 bits per heavy atom. The molecule has 1 amide bonds. The highest BCUT2D eigenvalue weighted by Gasteiger charge is 2.41. The first-order valence-electron chi connectivity index (χ1n) is 12.1. The zero-order chi connectivity index (χ0) is 25.5. The summed E-state index contributed by atoms with van der Waals surface area (Å²) in [5.41, 5.74) is 3.31. The van der Waals surface area contributed by atoms with Gasteiger partial charge in [0, 0.05) is 22.3 Å². The fourth-order valence-corrected chi connectivity index (χ4v) is 5.23. The molecule has 35 heavy (non-hydrogen) atoms. The van der Waals surface area contributed by atoms with Gasteiger partial charge < -0.3 is 9.53 Å². The molecule has 0 bridgehead atoms. The third kappa shape index (κ3) is 4.58. The van der Waals surface area contributed by atoms with Crippen molar-refractivity contribution in [1.29, 1.82) is 0 Å². The van der Waals surface area contributed by atoms with Gasteiger partial charge in [0.2, 0.25) is 0 Å². The van der Waals surface area contributed by atoms with Gasteiger partial charge in [0.1, 0.15) is 11.6 Å². The lowest BCUT2D eigenvalue weighted by Crippen LogP contribution is -2.41. The largest absolute Gasteiger partial charge is 0.415 e. The Bertz CT molecular complexity index is 1230. The second kappa shape index (κ2) is 9.33. The Hall–Kier alpha value is -2.81. The molecule has 1 N–H and O–H groups in total. The Balaban J connectivity index is 1.78. The Kier molecular flexibility index (Phi) is 6.74. The van der Waals surface area contributed by atoms with Gasteiger partial charge in [-0.3, -0.25) is 9.69 Å². The minimum absolute atomic E-state index is 0.0660. The molecule has 1 aromatic heterocycles.